The van der Waals surface area contributed by atoms with Gasteiger partial charge in [-0.2, -0.15) is 0 Å². The molecule has 3 nitrogen and oxygen atoms in total. The largest absolute Gasteiger partial charge is 0.374 e. The van der Waals surface area contributed by atoms with Gasteiger partial charge < -0.3 is 10.0 Å². The molecule has 1 saturated heterocycles. The van der Waals surface area contributed by atoms with E-state index in [1.165, 1.54) is 4.90 Å². The van der Waals surface area contributed by atoms with E-state index < -0.39 is 6.23 Å². The Kier molecular flexibility index (Phi) is 1.48. The highest BCUT2D eigenvalue weighted by Gasteiger charge is 2.19. The zero-order chi connectivity index (χ0) is 5.98. The van der Waals surface area contributed by atoms with E-state index in [0.29, 0.717) is 13.0 Å². The van der Waals surface area contributed by atoms with E-state index in [9.17, 15) is 4.79 Å². The molecule has 1 atom stereocenters. The summed E-state index contributed by atoms with van der Waals surface area (Å²) in [6.07, 6.45) is 2.69. The molecule has 0 aromatic heterocycles. The highest BCUT2D eigenvalue weighted by molar-refractivity contribution is 5.48. The lowest BCUT2D eigenvalue weighted by molar-refractivity contribution is 0.0843. The zero-order valence-corrected chi connectivity index (χ0v) is 4.50. The standard InChI is InChI=1S/C5H8NO2/c7-4-6-3-1-2-5(6)8/h5,8H,1-3H2/t5-/m1/s1. The van der Waals surface area contributed by atoms with Crippen LogP contribution in [0, 0.1) is 0 Å². The maximum atomic E-state index is 9.86. The fourth-order valence-corrected chi connectivity index (χ4v) is 0.856. The molecule has 1 rings (SSSR count). The van der Waals surface area contributed by atoms with Gasteiger partial charge in [0.1, 0.15) is 6.23 Å². The van der Waals surface area contributed by atoms with Crippen molar-refractivity contribution in [1.29, 1.82) is 0 Å². The van der Waals surface area contributed by atoms with Gasteiger partial charge in [-0.25, -0.2) is 0 Å². The number of hydrogen-bond donors (Lipinski definition) is 1. The summed E-state index contributed by atoms with van der Waals surface area (Å²) in [4.78, 5) is 11.1. The van der Waals surface area contributed by atoms with Crippen molar-refractivity contribution >= 4 is 6.41 Å². The van der Waals surface area contributed by atoms with Crippen LogP contribution >= 0.6 is 0 Å². The second kappa shape index (κ2) is 2.13. The molecule has 0 aromatic carbocycles. The molecule has 3 heteroatoms. The first kappa shape index (κ1) is 5.56. The van der Waals surface area contributed by atoms with Gasteiger partial charge in [-0.3, -0.25) is 4.79 Å². The lowest BCUT2D eigenvalue weighted by atomic mass is 10.4. The van der Waals surface area contributed by atoms with Crippen LogP contribution in [-0.4, -0.2) is 29.2 Å². The summed E-state index contributed by atoms with van der Waals surface area (Å²) in [6.45, 7) is 0.657. The van der Waals surface area contributed by atoms with Crippen LogP contribution in [0.1, 0.15) is 12.8 Å². The Morgan fingerprint density at radius 2 is 2.50 bits per heavy atom. The minimum absolute atomic E-state index is 0.563. The molecule has 0 unspecified atom stereocenters. The zero-order valence-electron chi connectivity index (χ0n) is 4.50. The molecule has 8 heavy (non-hydrogen) atoms. The third-order valence-electron chi connectivity index (χ3n) is 1.34. The van der Waals surface area contributed by atoms with Gasteiger partial charge >= 0.3 is 6.41 Å². The van der Waals surface area contributed by atoms with Crippen LogP contribution in [0.2, 0.25) is 0 Å². The van der Waals surface area contributed by atoms with Gasteiger partial charge in [-0.1, -0.05) is 0 Å². The average Bonchev–Trinajstić information content (AvgIpc) is 2.14. The molecule has 1 heterocycles. The van der Waals surface area contributed by atoms with Gasteiger partial charge in [0.2, 0.25) is 0 Å². The molecule has 1 aliphatic heterocycles. The van der Waals surface area contributed by atoms with Crippen LogP contribution in [0.25, 0.3) is 0 Å². The predicted octanol–water partition coefficient (Wildman–Crippen LogP) is -0.532. The number of amides is 1. The Labute approximate surface area is 47.9 Å². The Balaban J connectivity index is 2.41. The number of aliphatic hydroxyl groups is 1. The summed E-state index contributed by atoms with van der Waals surface area (Å²) in [7, 11) is 0. The van der Waals surface area contributed by atoms with Crippen molar-refractivity contribution < 1.29 is 9.90 Å². The summed E-state index contributed by atoms with van der Waals surface area (Å²) in [5.74, 6) is 0. The van der Waals surface area contributed by atoms with E-state index in [0.717, 1.165) is 6.42 Å². The molecule has 0 bridgehead atoms. The van der Waals surface area contributed by atoms with Crippen molar-refractivity contribution in [1.82, 2.24) is 4.90 Å². The van der Waals surface area contributed by atoms with Crippen LogP contribution in [0.15, 0.2) is 0 Å². The molecule has 1 radical (unpaired) electrons. The van der Waals surface area contributed by atoms with Gasteiger partial charge in [-0.15, -0.1) is 0 Å². The molecule has 1 amide bonds. The Morgan fingerprint density at radius 1 is 1.75 bits per heavy atom. The highest BCUT2D eigenvalue weighted by Crippen LogP contribution is 2.10. The number of nitrogens with zero attached hydrogens (tertiary/aromatic N) is 1. The van der Waals surface area contributed by atoms with Crippen molar-refractivity contribution in [2.45, 2.75) is 19.1 Å². The van der Waals surface area contributed by atoms with E-state index in [2.05, 4.69) is 0 Å². The summed E-state index contributed by atoms with van der Waals surface area (Å²) in [6, 6.07) is 0. The minimum atomic E-state index is -0.563. The predicted molar refractivity (Wildman–Crippen MR) is 27.6 cm³/mol. The number of likely N-dealkylation sites (tertiary alicyclic amines) is 1. The lowest BCUT2D eigenvalue weighted by Crippen LogP contribution is -2.26. The molecule has 45 valence electrons. The summed E-state index contributed by atoms with van der Waals surface area (Å²) < 4.78 is 0. The van der Waals surface area contributed by atoms with E-state index in [-0.39, 0.29) is 0 Å². The van der Waals surface area contributed by atoms with Gasteiger partial charge in [0.25, 0.3) is 0 Å². The molecule has 1 aliphatic rings. The van der Waals surface area contributed by atoms with Crippen LogP contribution in [0.3, 0.4) is 0 Å². The van der Waals surface area contributed by atoms with E-state index in [4.69, 9.17) is 5.11 Å². The van der Waals surface area contributed by atoms with Crippen molar-refractivity contribution in [3.63, 3.8) is 0 Å². The van der Waals surface area contributed by atoms with Gasteiger partial charge in [0.05, 0.1) is 0 Å². The molecular weight excluding hydrogens is 106 g/mol. The summed E-state index contributed by atoms with van der Waals surface area (Å²) >= 11 is 0. The Morgan fingerprint density at radius 3 is 2.75 bits per heavy atom. The third kappa shape index (κ3) is 0.816. The maximum absolute atomic E-state index is 9.86. The Hall–Kier alpha value is -0.570. The third-order valence-corrected chi connectivity index (χ3v) is 1.34. The first-order valence-corrected chi connectivity index (χ1v) is 2.67. The smallest absolute Gasteiger partial charge is 0.314 e. The molecule has 0 aliphatic carbocycles. The topological polar surface area (TPSA) is 40.5 Å². The van der Waals surface area contributed by atoms with Crippen molar-refractivity contribution in [2.24, 2.45) is 0 Å². The molecule has 0 saturated carbocycles. The molecule has 1 fully saturated rings. The summed E-state index contributed by atoms with van der Waals surface area (Å²) in [5.41, 5.74) is 0. The number of rotatable bonds is 1. The normalized spacial score (nSPS) is 28.6. The maximum Gasteiger partial charge on any atom is 0.314 e. The van der Waals surface area contributed by atoms with Crippen molar-refractivity contribution in [2.75, 3.05) is 6.54 Å². The molecule has 0 spiro atoms. The second-order valence-corrected chi connectivity index (χ2v) is 1.91. The Bertz CT molecular complexity index is 94.4. The second-order valence-electron chi connectivity index (χ2n) is 1.91. The first-order chi connectivity index (χ1) is 3.84. The van der Waals surface area contributed by atoms with E-state index in [1.807, 2.05) is 0 Å². The van der Waals surface area contributed by atoms with Gasteiger partial charge in [-0.05, 0) is 12.8 Å². The van der Waals surface area contributed by atoms with Crippen molar-refractivity contribution in [3.8, 4) is 0 Å². The number of carbonyl (C=O) groups excluding carboxylic acids is 1. The van der Waals surface area contributed by atoms with Gasteiger partial charge in [0, 0.05) is 6.54 Å². The average molecular weight is 114 g/mol. The van der Waals surface area contributed by atoms with Crippen LogP contribution in [-0.2, 0) is 4.79 Å². The lowest BCUT2D eigenvalue weighted by Gasteiger charge is -2.10. The van der Waals surface area contributed by atoms with E-state index >= 15 is 0 Å². The van der Waals surface area contributed by atoms with Crippen LogP contribution in [0.4, 0.5) is 0 Å². The first-order valence-electron chi connectivity index (χ1n) is 2.67. The van der Waals surface area contributed by atoms with E-state index in [1.54, 1.807) is 6.41 Å². The minimum Gasteiger partial charge on any atom is -0.374 e. The fourth-order valence-electron chi connectivity index (χ4n) is 0.856. The van der Waals surface area contributed by atoms with Crippen LogP contribution in [0.5, 0.6) is 0 Å². The molecule has 0 aromatic rings. The summed E-state index contributed by atoms with van der Waals surface area (Å²) in [5, 5.41) is 8.85. The number of aliphatic hydroxyl groups excluding tert-OH is 1. The number of hydrogen-bond acceptors (Lipinski definition) is 2. The fraction of sp³-hybridized carbons (Fsp3) is 0.800. The highest BCUT2D eigenvalue weighted by atomic mass is 16.3. The van der Waals surface area contributed by atoms with Crippen LogP contribution < -0.4 is 0 Å². The quantitative estimate of drug-likeness (QED) is 0.497. The molecule has 1 N–H and O–H groups in total. The molecular formula is C5H8NO2. The monoisotopic (exact) mass is 114 g/mol. The SMILES string of the molecule is O=[C]N1CCC[C@H]1O. The van der Waals surface area contributed by atoms with Crippen molar-refractivity contribution in [3.05, 3.63) is 0 Å². The van der Waals surface area contributed by atoms with Gasteiger partial charge in [0.15, 0.2) is 0 Å².